The van der Waals surface area contributed by atoms with Crippen molar-refractivity contribution in [2.45, 2.75) is 25.8 Å². The van der Waals surface area contributed by atoms with E-state index in [1.165, 1.54) is 5.56 Å². The average Bonchev–Trinajstić information content (AvgIpc) is 2.98. The van der Waals surface area contributed by atoms with E-state index < -0.39 is 0 Å². The highest BCUT2D eigenvalue weighted by Gasteiger charge is 2.31. The van der Waals surface area contributed by atoms with Gasteiger partial charge in [0.05, 0.1) is 0 Å². The molecular weight excluding hydrogens is 316 g/mol. The van der Waals surface area contributed by atoms with Crippen LogP contribution in [0.15, 0.2) is 42.5 Å². The van der Waals surface area contributed by atoms with E-state index >= 15 is 0 Å². The summed E-state index contributed by atoms with van der Waals surface area (Å²) in [6, 6.07) is 13.6. The molecule has 2 unspecified atom stereocenters. The van der Waals surface area contributed by atoms with Crippen LogP contribution >= 0.6 is 0 Å². The second-order valence-electron chi connectivity index (χ2n) is 6.64. The summed E-state index contributed by atoms with van der Waals surface area (Å²) in [6.07, 6.45) is 0. The Hall–Kier alpha value is -2.69. The Morgan fingerprint density at radius 3 is 2.76 bits per heavy atom. The number of hydrogen-bond donors (Lipinski definition) is 1. The van der Waals surface area contributed by atoms with E-state index in [0.717, 1.165) is 23.7 Å². The van der Waals surface area contributed by atoms with Gasteiger partial charge in [-0.25, -0.2) is 0 Å². The van der Waals surface area contributed by atoms with E-state index in [0.29, 0.717) is 24.9 Å². The van der Waals surface area contributed by atoms with Crippen LogP contribution in [-0.2, 0) is 4.79 Å². The van der Waals surface area contributed by atoms with Gasteiger partial charge in [-0.15, -0.1) is 0 Å². The molecule has 0 saturated carbocycles. The van der Waals surface area contributed by atoms with E-state index in [1.807, 2.05) is 31.2 Å². The number of carbonyl (C=O) groups excluding carboxylic acids is 1. The first-order chi connectivity index (χ1) is 12.1. The Labute approximate surface area is 147 Å². The van der Waals surface area contributed by atoms with Crippen LogP contribution in [0.1, 0.15) is 25.3 Å². The van der Waals surface area contributed by atoms with Gasteiger partial charge in [-0.3, -0.25) is 4.79 Å². The number of anilines is 2. The molecule has 2 aromatic rings. The fourth-order valence-electron chi connectivity index (χ4n) is 3.53. The molecular formula is C20H22N2O3. The smallest absolute Gasteiger partial charge is 0.246 e. The quantitative estimate of drug-likeness (QED) is 0.932. The predicted molar refractivity (Wildman–Crippen MR) is 97.7 cm³/mol. The third kappa shape index (κ3) is 2.90. The number of hydrogen-bond acceptors (Lipinski definition) is 4. The van der Waals surface area contributed by atoms with Gasteiger partial charge in [-0.1, -0.05) is 25.1 Å². The lowest BCUT2D eigenvalue weighted by Crippen LogP contribution is -2.41. The zero-order chi connectivity index (χ0) is 17.4. The maximum Gasteiger partial charge on any atom is 0.246 e. The molecule has 0 saturated heterocycles. The third-order valence-corrected chi connectivity index (χ3v) is 4.90. The van der Waals surface area contributed by atoms with Gasteiger partial charge in [-0.05, 0) is 30.7 Å². The average molecular weight is 338 g/mol. The minimum Gasteiger partial charge on any atom is -0.486 e. The molecule has 4 rings (SSSR count). The summed E-state index contributed by atoms with van der Waals surface area (Å²) in [5.74, 6) is 1.80. The van der Waals surface area contributed by atoms with Crippen LogP contribution in [0.25, 0.3) is 0 Å². The molecule has 2 aromatic carbocycles. The molecule has 2 heterocycles. The summed E-state index contributed by atoms with van der Waals surface area (Å²) in [4.78, 5) is 14.9. The largest absolute Gasteiger partial charge is 0.486 e. The van der Waals surface area contributed by atoms with Crippen molar-refractivity contribution in [2.75, 3.05) is 30.0 Å². The van der Waals surface area contributed by atoms with Crippen LogP contribution in [0.4, 0.5) is 11.4 Å². The number of carbonyl (C=O) groups is 1. The lowest BCUT2D eigenvalue weighted by atomic mass is 10.0. The Morgan fingerprint density at radius 1 is 1.16 bits per heavy atom. The van der Waals surface area contributed by atoms with Crippen molar-refractivity contribution < 1.29 is 14.3 Å². The van der Waals surface area contributed by atoms with Gasteiger partial charge in [0.1, 0.15) is 19.3 Å². The molecule has 130 valence electrons. The highest BCUT2D eigenvalue weighted by atomic mass is 16.6. The second kappa shape index (κ2) is 6.31. The number of para-hydroxylation sites is 1. The second-order valence-corrected chi connectivity index (χ2v) is 6.64. The van der Waals surface area contributed by atoms with Crippen molar-refractivity contribution in [2.24, 2.45) is 0 Å². The number of rotatable bonds is 3. The summed E-state index contributed by atoms with van der Waals surface area (Å²) in [7, 11) is 0. The van der Waals surface area contributed by atoms with Crippen LogP contribution < -0.4 is 19.7 Å². The van der Waals surface area contributed by atoms with E-state index in [2.05, 4.69) is 35.3 Å². The molecule has 0 aromatic heterocycles. The highest BCUT2D eigenvalue weighted by molar-refractivity contribution is 5.97. The number of amides is 1. The summed E-state index contributed by atoms with van der Waals surface area (Å²) in [6.45, 7) is 6.09. The first-order valence-electron chi connectivity index (χ1n) is 8.69. The van der Waals surface area contributed by atoms with Crippen molar-refractivity contribution in [3.63, 3.8) is 0 Å². The van der Waals surface area contributed by atoms with Crippen molar-refractivity contribution >= 4 is 17.3 Å². The summed E-state index contributed by atoms with van der Waals surface area (Å²) in [5.41, 5.74) is 3.18. The molecule has 1 N–H and O–H groups in total. The minimum atomic E-state index is -0.251. The summed E-state index contributed by atoms with van der Waals surface area (Å²) >= 11 is 0. The number of fused-ring (bicyclic) bond motifs is 2. The Morgan fingerprint density at radius 2 is 1.92 bits per heavy atom. The van der Waals surface area contributed by atoms with Crippen LogP contribution in [0.3, 0.4) is 0 Å². The maximum absolute atomic E-state index is 12.8. The van der Waals surface area contributed by atoms with Crippen molar-refractivity contribution in [3.05, 3.63) is 48.0 Å². The van der Waals surface area contributed by atoms with Crippen molar-refractivity contribution in [3.8, 4) is 11.5 Å². The monoisotopic (exact) mass is 338 g/mol. The number of nitrogens with one attached hydrogen (secondary N) is 1. The van der Waals surface area contributed by atoms with Gasteiger partial charge < -0.3 is 19.7 Å². The normalized spacial score (nSPS) is 19.3. The standard InChI is InChI=1S/C20H22N2O3/c1-13-12-22(17-6-4-3-5-16(13)17)14(2)20(23)21-15-7-8-18-19(11-15)25-10-9-24-18/h3-8,11,13-14H,9-10,12H2,1-2H3,(H,21,23). The molecule has 0 aliphatic carbocycles. The topological polar surface area (TPSA) is 50.8 Å². The van der Waals surface area contributed by atoms with E-state index in [1.54, 1.807) is 0 Å². The molecule has 25 heavy (non-hydrogen) atoms. The van der Waals surface area contributed by atoms with Gasteiger partial charge in [0.25, 0.3) is 0 Å². The van der Waals surface area contributed by atoms with Gasteiger partial charge in [0.15, 0.2) is 11.5 Å². The maximum atomic E-state index is 12.8. The lowest BCUT2D eigenvalue weighted by Gasteiger charge is -2.27. The molecule has 2 aliphatic heterocycles. The van der Waals surface area contributed by atoms with Crippen LogP contribution in [0, 0.1) is 0 Å². The SMILES string of the molecule is CC1CN(C(C)C(=O)Nc2ccc3c(c2)OCCO3)c2ccccc21. The molecule has 5 nitrogen and oxygen atoms in total. The predicted octanol–water partition coefficient (Wildman–Crippen LogP) is 3.41. The summed E-state index contributed by atoms with van der Waals surface area (Å²) in [5, 5.41) is 3.00. The Kier molecular flexibility index (Phi) is 3.99. The molecule has 1 amide bonds. The zero-order valence-corrected chi connectivity index (χ0v) is 14.5. The van der Waals surface area contributed by atoms with Gasteiger partial charge in [0.2, 0.25) is 5.91 Å². The fourth-order valence-corrected chi connectivity index (χ4v) is 3.53. The van der Waals surface area contributed by atoms with E-state index in [4.69, 9.17) is 9.47 Å². The molecule has 0 bridgehead atoms. The number of nitrogens with zero attached hydrogens (tertiary/aromatic N) is 1. The first kappa shape index (κ1) is 15.8. The third-order valence-electron chi connectivity index (χ3n) is 4.90. The van der Waals surface area contributed by atoms with Crippen molar-refractivity contribution in [1.82, 2.24) is 0 Å². The Balaban J connectivity index is 1.50. The number of benzene rings is 2. The molecule has 2 atom stereocenters. The molecule has 0 fully saturated rings. The van der Waals surface area contributed by atoms with Gasteiger partial charge >= 0.3 is 0 Å². The molecule has 5 heteroatoms. The van der Waals surface area contributed by atoms with Crippen LogP contribution in [0.2, 0.25) is 0 Å². The molecule has 0 radical (unpaired) electrons. The fraction of sp³-hybridized carbons (Fsp3) is 0.350. The molecule has 0 spiro atoms. The van der Waals surface area contributed by atoms with Gasteiger partial charge in [0, 0.05) is 29.9 Å². The van der Waals surface area contributed by atoms with E-state index in [-0.39, 0.29) is 11.9 Å². The highest BCUT2D eigenvalue weighted by Crippen LogP contribution is 2.37. The minimum absolute atomic E-state index is 0.0272. The zero-order valence-electron chi connectivity index (χ0n) is 14.5. The summed E-state index contributed by atoms with van der Waals surface area (Å²) < 4.78 is 11.1. The lowest BCUT2D eigenvalue weighted by molar-refractivity contribution is -0.117. The van der Waals surface area contributed by atoms with E-state index in [9.17, 15) is 4.79 Å². The Bertz CT molecular complexity index is 805. The van der Waals surface area contributed by atoms with Gasteiger partial charge in [-0.2, -0.15) is 0 Å². The van der Waals surface area contributed by atoms with Crippen molar-refractivity contribution in [1.29, 1.82) is 0 Å². The molecule has 2 aliphatic rings. The van der Waals surface area contributed by atoms with Crippen LogP contribution in [0.5, 0.6) is 11.5 Å². The van der Waals surface area contributed by atoms with Crippen LogP contribution in [-0.4, -0.2) is 31.7 Å². The first-order valence-corrected chi connectivity index (χ1v) is 8.69. The number of ether oxygens (including phenoxy) is 2.